The third kappa shape index (κ3) is 6.57. The minimum Gasteiger partial charge on any atom is -0.379 e. The van der Waals surface area contributed by atoms with Gasteiger partial charge in [-0.3, -0.25) is 4.79 Å². The summed E-state index contributed by atoms with van der Waals surface area (Å²) in [6.07, 6.45) is 0.792. The summed E-state index contributed by atoms with van der Waals surface area (Å²) in [5.74, 6) is -0.399. The first-order valence-corrected chi connectivity index (χ1v) is 9.64. The second kappa shape index (κ2) is 9.58. The van der Waals surface area contributed by atoms with Crippen molar-refractivity contribution in [2.75, 3.05) is 26.7 Å². The van der Waals surface area contributed by atoms with Crippen molar-refractivity contribution < 1.29 is 17.9 Å². The second-order valence-corrected chi connectivity index (χ2v) is 8.32. The van der Waals surface area contributed by atoms with E-state index in [9.17, 15) is 13.2 Å². The van der Waals surface area contributed by atoms with Crippen LogP contribution < -0.4 is 5.32 Å². The number of benzene rings is 1. The molecule has 0 aliphatic rings. The summed E-state index contributed by atoms with van der Waals surface area (Å²) in [6.45, 7) is 4.50. The van der Waals surface area contributed by atoms with E-state index in [0.717, 1.165) is 4.31 Å². The Bertz CT molecular complexity index is 665. The van der Waals surface area contributed by atoms with Crippen LogP contribution in [-0.2, 0) is 19.6 Å². The van der Waals surface area contributed by atoms with E-state index >= 15 is 0 Å². The fourth-order valence-electron chi connectivity index (χ4n) is 1.80. The zero-order valence-electron chi connectivity index (χ0n) is 13.9. The molecule has 0 bridgehead atoms. The maximum atomic E-state index is 12.5. The van der Waals surface area contributed by atoms with Crippen molar-refractivity contribution in [2.24, 2.45) is 0 Å². The molecule has 0 unspecified atom stereocenters. The van der Waals surface area contributed by atoms with Crippen LogP contribution in [0.15, 0.2) is 23.1 Å². The van der Waals surface area contributed by atoms with E-state index in [-0.39, 0.29) is 27.6 Å². The summed E-state index contributed by atoms with van der Waals surface area (Å²) in [5, 5.41) is 2.96. The van der Waals surface area contributed by atoms with Crippen molar-refractivity contribution >= 4 is 39.1 Å². The molecule has 0 atom stereocenters. The molecule has 1 N–H and O–H groups in total. The van der Waals surface area contributed by atoms with Crippen molar-refractivity contribution in [3.8, 4) is 0 Å². The zero-order chi connectivity index (χ0) is 18.3. The maximum absolute atomic E-state index is 12.5. The molecule has 1 amide bonds. The van der Waals surface area contributed by atoms with Gasteiger partial charge in [-0.1, -0.05) is 23.2 Å². The Labute approximate surface area is 153 Å². The molecule has 0 aliphatic carbocycles. The molecular weight excluding hydrogens is 375 g/mol. The van der Waals surface area contributed by atoms with Crippen molar-refractivity contribution in [3.63, 3.8) is 0 Å². The van der Waals surface area contributed by atoms with Gasteiger partial charge in [-0.05, 0) is 38.5 Å². The quantitative estimate of drug-likeness (QED) is 0.650. The van der Waals surface area contributed by atoms with Gasteiger partial charge in [-0.25, -0.2) is 8.42 Å². The zero-order valence-corrected chi connectivity index (χ0v) is 16.2. The van der Waals surface area contributed by atoms with Crippen LogP contribution in [0.2, 0.25) is 10.0 Å². The molecular formula is C15H22Cl2N2O4S. The van der Waals surface area contributed by atoms with Crippen LogP contribution in [0.5, 0.6) is 0 Å². The average Bonchev–Trinajstić information content (AvgIpc) is 2.48. The molecule has 1 rings (SSSR count). The standard InChI is InChI=1S/C15H22Cl2N2O4S/c1-11(2)23-8-4-7-18-15(20)10-19(3)24(21,22)14-9-12(16)5-6-13(14)17/h5-6,9,11H,4,7-8,10H2,1-3H3,(H,18,20). The van der Waals surface area contributed by atoms with E-state index in [1.54, 1.807) is 0 Å². The lowest BCUT2D eigenvalue weighted by Gasteiger charge is -2.18. The highest BCUT2D eigenvalue weighted by atomic mass is 35.5. The second-order valence-electron chi connectivity index (χ2n) is 5.46. The number of ether oxygens (including phenoxy) is 1. The van der Waals surface area contributed by atoms with Gasteiger partial charge in [0, 0.05) is 25.2 Å². The number of carbonyl (C=O) groups is 1. The Morgan fingerprint density at radius 2 is 2.00 bits per heavy atom. The smallest absolute Gasteiger partial charge is 0.244 e. The molecule has 0 aliphatic heterocycles. The monoisotopic (exact) mass is 396 g/mol. The molecule has 136 valence electrons. The molecule has 9 heteroatoms. The van der Waals surface area contributed by atoms with Crippen molar-refractivity contribution in [2.45, 2.75) is 31.3 Å². The third-order valence-corrected chi connectivity index (χ3v) is 5.56. The predicted molar refractivity (Wildman–Crippen MR) is 95.0 cm³/mol. The Balaban J connectivity index is 2.58. The van der Waals surface area contributed by atoms with Gasteiger partial charge in [0.1, 0.15) is 4.90 Å². The molecule has 0 saturated carbocycles. The van der Waals surface area contributed by atoms with E-state index in [4.69, 9.17) is 27.9 Å². The molecule has 0 saturated heterocycles. The predicted octanol–water partition coefficient (Wildman–Crippen LogP) is 2.55. The van der Waals surface area contributed by atoms with Gasteiger partial charge < -0.3 is 10.1 Å². The lowest BCUT2D eigenvalue weighted by molar-refractivity contribution is -0.121. The number of likely N-dealkylation sites (N-methyl/N-ethyl adjacent to an activating group) is 1. The van der Waals surface area contributed by atoms with Crippen LogP contribution in [0, 0.1) is 0 Å². The first kappa shape index (κ1) is 21.2. The molecule has 1 aromatic carbocycles. The highest BCUT2D eigenvalue weighted by Gasteiger charge is 2.25. The number of rotatable bonds is 9. The van der Waals surface area contributed by atoms with Crippen LogP contribution in [0.25, 0.3) is 0 Å². The molecule has 0 aromatic heterocycles. The topological polar surface area (TPSA) is 75.7 Å². The summed E-state index contributed by atoms with van der Waals surface area (Å²) >= 11 is 11.7. The SMILES string of the molecule is CC(C)OCCCNC(=O)CN(C)S(=O)(=O)c1cc(Cl)ccc1Cl. The minimum absolute atomic E-state index is 0.0532. The van der Waals surface area contributed by atoms with E-state index in [1.807, 2.05) is 13.8 Å². The van der Waals surface area contributed by atoms with Gasteiger partial charge in [0.05, 0.1) is 17.7 Å². The summed E-state index contributed by atoms with van der Waals surface area (Å²) in [7, 11) is -2.59. The maximum Gasteiger partial charge on any atom is 0.244 e. The number of carbonyl (C=O) groups excluding carboxylic acids is 1. The normalized spacial score (nSPS) is 12.0. The van der Waals surface area contributed by atoms with Crippen molar-refractivity contribution in [3.05, 3.63) is 28.2 Å². The van der Waals surface area contributed by atoms with E-state index in [2.05, 4.69) is 5.32 Å². The number of hydrogen-bond acceptors (Lipinski definition) is 4. The number of amides is 1. The summed E-state index contributed by atoms with van der Waals surface area (Å²) in [6, 6.07) is 4.16. The number of nitrogens with one attached hydrogen (secondary N) is 1. The Kier molecular flexibility index (Phi) is 8.45. The van der Waals surface area contributed by atoms with Gasteiger partial charge in [-0.15, -0.1) is 0 Å². The van der Waals surface area contributed by atoms with Gasteiger partial charge in [0.15, 0.2) is 0 Å². The fourth-order valence-corrected chi connectivity index (χ4v) is 3.67. The largest absolute Gasteiger partial charge is 0.379 e. The van der Waals surface area contributed by atoms with E-state index < -0.39 is 15.9 Å². The molecule has 1 aromatic rings. The number of hydrogen-bond donors (Lipinski definition) is 1. The van der Waals surface area contributed by atoms with Crippen LogP contribution in [0.4, 0.5) is 0 Å². The lowest BCUT2D eigenvalue weighted by atomic mass is 10.4. The summed E-state index contributed by atoms with van der Waals surface area (Å²) in [4.78, 5) is 11.7. The summed E-state index contributed by atoms with van der Waals surface area (Å²) in [5.41, 5.74) is 0. The number of sulfonamides is 1. The van der Waals surface area contributed by atoms with Crippen molar-refractivity contribution in [1.29, 1.82) is 0 Å². The molecule has 0 spiro atoms. The number of halogens is 2. The first-order valence-electron chi connectivity index (χ1n) is 7.44. The van der Waals surface area contributed by atoms with E-state index in [0.29, 0.717) is 19.6 Å². The van der Waals surface area contributed by atoms with Gasteiger partial charge in [0.25, 0.3) is 0 Å². The molecule has 0 radical (unpaired) electrons. The lowest BCUT2D eigenvalue weighted by Crippen LogP contribution is -2.39. The average molecular weight is 397 g/mol. The Morgan fingerprint density at radius 3 is 2.62 bits per heavy atom. The fraction of sp³-hybridized carbons (Fsp3) is 0.533. The molecule has 24 heavy (non-hydrogen) atoms. The van der Waals surface area contributed by atoms with Gasteiger partial charge in [-0.2, -0.15) is 4.31 Å². The molecule has 0 heterocycles. The number of nitrogens with zero attached hydrogens (tertiary/aromatic N) is 1. The van der Waals surface area contributed by atoms with Crippen LogP contribution >= 0.6 is 23.2 Å². The Hall–Kier alpha value is -0.860. The summed E-state index contributed by atoms with van der Waals surface area (Å²) < 4.78 is 31.2. The van der Waals surface area contributed by atoms with Gasteiger partial charge >= 0.3 is 0 Å². The van der Waals surface area contributed by atoms with Crippen LogP contribution in [0.3, 0.4) is 0 Å². The molecule has 6 nitrogen and oxygen atoms in total. The van der Waals surface area contributed by atoms with Crippen molar-refractivity contribution in [1.82, 2.24) is 9.62 Å². The highest BCUT2D eigenvalue weighted by molar-refractivity contribution is 7.89. The minimum atomic E-state index is -3.90. The Morgan fingerprint density at radius 1 is 1.33 bits per heavy atom. The highest BCUT2D eigenvalue weighted by Crippen LogP contribution is 2.26. The molecule has 0 fully saturated rings. The van der Waals surface area contributed by atoms with Crippen LogP contribution in [-0.4, -0.2) is 51.5 Å². The van der Waals surface area contributed by atoms with E-state index in [1.165, 1.54) is 25.2 Å². The van der Waals surface area contributed by atoms with Crippen LogP contribution in [0.1, 0.15) is 20.3 Å². The van der Waals surface area contributed by atoms with Gasteiger partial charge in [0.2, 0.25) is 15.9 Å². The third-order valence-electron chi connectivity index (χ3n) is 3.04. The first-order chi connectivity index (χ1) is 11.1.